The van der Waals surface area contributed by atoms with Crippen LogP contribution in [0.25, 0.3) is 10.9 Å². The summed E-state index contributed by atoms with van der Waals surface area (Å²) in [6, 6.07) is 28.1. The molecule has 2 N–H and O–H groups in total. The van der Waals surface area contributed by atoms with Crippen molar-refractivity contribution in [2.45, 2.75) is 20.4 Å². The number of pyridine rings is 1. The maximum atomic E-state index is 12.8. The van der Waals surface area contributed by atoms with Crippen LogP contribution in [-0.4, -0.2) is 35.4 Å². The van der Waals surface area contributed by atoms with Crippen LogP contribution in [0.4, 0.5) is 11.4 Å². The monoisotopic (exact) mass is 438 g/mol. The van der Waals surface area contributed by atoms with Crippen molar-refractivity contribution in [3.05, 3.63) is 102 Å². The molecule has 3 aromatic carbocycles. The Labute approximate surface area is 195 Å². The molecular formula is C28H30N4O. The average Bonchev–Trinajstić information content (AvgIpc) is 2.84. The lowest BCUT2D eigenvalue weighted by Gasteiger charge is -2.20. The minimum absolute atomic E-state index is 0.0646. The van der Waals surface area contributed by atoms with E-state index in [0.29, 0.717) is 12.1 Å². The molecule has 0 unspecified atom stereocenters. The first kappa shape index (κ1) is 22.5. The fourth-order valence-electron chi connectivity index (χ4n) is 3.93. The quantitative estimate of drug-likeness (QED) is 0.360. The largest absolute Gasteiger partial charge is 0.355 e. The van der Waals surface area contributed by atoms with Crippen molar-refractivity contribution < 1.29 is 4.79 Å². The molecule has 33 heavy (non-hydrogen) atoms. The summed E-state index contributed by atoms with van der Waals surface area (Å²) < 4.78 is 0. The first-order valence-electron chi connectivity index (χ1n) is 11.4. The Morgan fingerprint density at radius 2 is 1.73 bits per heavy atom. The number of nitrogens with zero attached hydrogens (tertiary/aromatic N) is 2. The number of para-hydroxylation sites is 1. The third-order valence-corrected chi connectivity index (χ3v) is 5.66. The van der Waals surface area contributed by atoms with Gasteiger partial charge in [0.25, 0.3) is 5.91 Å². The van der Waals surface area contributed by atoms with E-state index in [0.717, 1.165) is 47.6 Å². The van der Waals surface area contributed by atoms with Gasteiger partial charge in [-0.2, -0.15) is 0 Å². The second-order valence-electron chi connectivity index (χ2n) is 8.14. The third-order valence-electron chi connectivity index (χ3n) is 5.66. The molecule has 168 valence electrons. The zero-order valence-electron chi connectivity index (χ0n) is 19.2. The lowest BCUT2D eigenvalue weighted by atomic mass is 10.1. The topological polar surface area (TPSA) is 57.3 Å². The van der Waals surface area contributed by atoms with E-state index in [9.17, 15) is 4.79 Å². The molecule has 0 saturated heterocycles. The number of amides is 1. The number of aryl methyl sites for hydroxylation is 1. The van der Waals surface area contributed by atoms with Gasteiger partial charge in [0, 0.05) is 47.7 Å². The SMILES string of the molecule is CCN(CCNC(=O)c1cccc(Nc2cc(C)nc3ccccc23)c1)Cc1ccccc1. The molecule has 5 nitrogen and oxygen atoms in total. The van der Waals surface area contributed by atoms with Gasteiger partial charge < -0.3 is 10.6 Å². The van der Waals surface area contributed by atoms with Crippen LogP contribution in [0, 0.1) is 6.92 Å². The fourth-order valence-corrected chi connectivity index (χ4v) is 3.93. The van der Waals surface area contributed by atoms with Crippen LogP contribution in [-0.2, 0) is 6.54 Å². The van der Waals surface area contributed by atoms with Crippen molar-refractivity contribution in [3.8, 4) is 0 Å². The highest BCUT2D eigenvalue weighted by molar-refractivity contribution is 5.96. The first-order valence-corrected chi connectivity index (χ1v) is 11.4. The lowest BCUT2D eigenvalue weighted by Crippen LogP contribution is -2.34. The van der Waals surface area contributed by atoms with Crippen LogP contribution in [0.1, 0.15) is 28.5 Å². The zero-order valence-corrected chi connectivity index (χ0v) is 19.2. The van der Waals surface area contributed by atoms with Crippen molar-refractivity contribution in [1.29, 1.82) is 0 Å². The van der Waals surface area contributed by atoms with E-state index < -0.39 is 0 Å². The van der Waals surface area contributed by atoms with E-state index >= 15 is 0 Å². The Morgan fingerprint density at radius 1 is 0.939 bits per heavy atom. The summed E-state index contributed by atoms with van der Waals surface area (Å²) in [5, 5.41) is 7.58. The number of carbonyl (C=O) groups excluding carboxylic acids is 1. The van der Waals surface area contributed by atoms with Crippen LogP contribution in [0.5, 0.6) is 0 Å². The molecule has 0 atom stereocenters. The number of nitrogens with one attached hydrogen (secondary N) is 2. The maximum Gasteiger partial charge on any atom is 0.251 e. The Morgan fingerprint density at radius 3 is 2.55 bits per heavy atom. The molecule has 4 rings (SSSR count). The second-order valence-corrected chi connectivity index (χ2v) is 8.14. The Hall–Kier alpha value is -3.70. The smallest absolute Gasteiger partial charge is 0.251 e. The number of rotatable bonds is 9. The molecule has 0 spiro atoms. The van der Waals surface area contributed by atoms with E-state index in [-0.39, 0.29) is 5.91 Å². The van der Waals surface area contributed by atoms with Crippen molar-refractivity contribution in [3.63, 3.8) is 0 Å². The normalized spacial score (nSPS) is 11.0. The third kappa shape index (κ3) is 5.96. The standard InChI is InChI=1S/C28H30N4O/c1-3-32(20-22-10-5-4-6-11-22)17-16-29-28(33)23-12-9-13-24(19-23)31-27-18-21(2)30-26-15-8-7-14-25(26)27/h4-15,18-19H,3,16-17,20H2,1-2H3,(H,29,33)(H,30,31). The minimum Gasteiger partial charge on any atom is -0.355 e. The van der Waals surface area contributed by atoms with Crippen molar-refractivity contribution in [2.24, 2.45) is 0 Å². The van der Waals surface area contributed by atoms with Gasteiger partial charge in [0.1, 0.15) is 0 Å². The van der Waals surface area contributed by atoms with Gasteiger partial charge in [-0.1, -0.05) is 61.5 Å². The second kappa shape index (κ2) is 10.7. The number of hydrogen-bond acceptors (Lipinski definition) is 4. The number of carbonyl (C=O) groups is 1. The predicted octanol–water partition coefficient (Wildman–Crippen LogP) is 5.54. The molecule has 0 aliphatic rings. The molecule has 1 amide bonds. The molecule has 0 fully saturated rings. The zero-order chi connectivity index (χ0) is 23.0. The molecule has 4 aromatic rings. The van der Waals surface area contributed by atoms with Crippen LogP contribution in [0.3, 0.4) is 0 Å². The summed E-state index contributed by atoms with van der Waals surface area (Å²) in [6.45, 7) is 7.35. The van der Waals surface area contributed by atoms with Gasteiger partial charge in [-0.15, -0.1) is 0 Å². The molecule has 1 heterocycles. The van der Waals surface area contributed by atoms with E-state index in [1.54, 1.807) is 0 Å². The Kier molecular flexibility index (Phi) is 7.33. The van der Waals surface area contributed by atoms with Gasteiger partial charge in [-0.3, -0.25) is 14.7 Å². The number of fused-ring (bicyclic) bond motifs is 1. The van der Waals surface area contributed by atoms with Gasteiger partial charge >= 0.3 is 0 Å². The average molecular weight is 439 g/mol. The van der Waals surface area contributed by atoms with Gasteiger partial charge in [-0.25, -0.2) is 0 Å². The van der Waals surface area contributed by atoms with Crippen LogP contribution >= 0.6 is 0 Å². The number of hydrogen-bond donors (Lipinski definition) is 2. The summed E-state index contributed by atoms with van der Waals surface area (Å²) in [7, 11) is 0. The summed E-state index contributed by atoms with van der Waals surface area (Å²) in [4.78, 5) is 19.7. The van der Waals surface area contributed by atoms with Crippen LogP contribution < -0.4 is 10.6 Å². The molecule has 0 aliphatic heterocycles. The van der Waals surface area contributed by atoms with Crippen LogP contribution in [0.15, 0.2) is 84.9 Å². The molecular weight excluding hydrogens is 408 g/mol. The van der Waals surface area contributed by atoms with E-state index in [1.807, 2.05) is 61.5 Å². The first-order chi connectivity index (χ1) is 16.1. The molecule has 0 aliphatic carbocycles. The van der Waals surface area contributed by atoms with Crippen LogP contribution in [0.2, 0.25) is 0 Å². The summed E-state index contributed by atoms with van der Waals surface area (Å²) in [5.41, 5.74) is 5.67. The summed E-state index contributed by atoms with van der Waals surface area (Å²) >= 11 is 0. The van der Waals surface area contributed by atoms with E-state index in [1.165, 1.54) is 5.56 Å². The Balaban J connectivity index is 1.38. The molecule has 0 bridgehead atoms. The van der Waals surface area contributed by atoms with E-state index in [2.05, 4.69) is 57.8 Å². The number of benzene rings is 3. The van der Waals surface area contributed by atoms with E-state index in [4.69, 9.17) is 0 Å². The Bertz CT molecular complexity index is 1220. The molecule has 0 radical (unpaired) electrons. The van der Waals surface area contributed by atoms with Crippen molar-refractivity contribution in [1.82, 2.24) is 15.2 Å². The predicted molar refractivity (Wildman–Crippen MR) is 136 cm³/mol. The minimum atomic E-state index is -0.0646. The summed E-state index contributed by atoms with van der Waals surface area (Å²) in [6.07, 6.45) is 0. The van der Waals surface area contributed by atoms with Crippen molar-refractivity contribution >= 4 is 28.2 Å². The lowest BCUT2D eigenvalue weighted by molar-refractivity contribution is 0.0948. The highest BCUT2D eigenvalue weighted by atomic mass is 16.1. The molecule has 1 aromatic heterocycles. The van der Waals surface area contributed by atoms with Gasteiger partial charge in [0.15, 0.2) is 0 Å². The van der Waals surface area contributed by atoms with Gasteiger partial charge in [0.2, 0.25) is 0 Å². The number of anilines is 2. The molecule has 0 saturated carbocycles. The highest BCUT2D eigenvalue weighted by Crippen LogP contribution is 2.26. The molecule has 5 heteroatoms. The number of likely N-dealkylation sites (N-methyl/N-ethyl adjacent to an activating group) is 1. The van der Waals surface area contributed by atoms with Gasteiger partial charge in [-0.05, 0) is 49.4 Å². The van der Waals surface area contributed by atoms with Crippen molar-refractivity contribution in [2.75, 3.05) is 25.0 Å². The number of aromatic nitrogens is 1. The maximum absolute atomic E-state index is 12.8. The highest BCUT2D eigenvalue weighted by Gasteiger charge is 2.09. The summed E-state index contributed by atoms with van der Waals surface area (Å²) in [5.74, 6) is -0.0646. The van der Waals surface area contributed by atoms with Gasteiger partial charge in [0.05, 0.1) is 5.52 Å². The fraction of sp³-hybridized carbons (Fsp3) is 0.214.